The molecule has 1 aliphatic heterocycles. The Bertz CT molecular complexity index is 786. The Balaban J connectivity index is 1.58. The summed E-state index contributed by atoms with van der Waals surface area (Å²) in [6.07, 6.45) is 4.72. The quantitative estimate of drug-likeness (QED) is 0.531. The van der Waals surface area contributed by atoms with Crippen LogP contribution in [0.25, 0.3) is 0 Å². The van der Waals surface area contributed by atoms with Gasteiger partial charge in [0.05, 0.1) is 19.8 Å². The van der Waals surface area contributed by atoms with Crippen molar-refractivity contribution >= 4 is 5.96 Å². The number of nitrogens with zero attached hydrogens (tertiary/aromatic N) is 3. The number of hydrogen-bond acceptors (Lipinski definition) is 4. The molecule has 2 N–H and O–H groups in total. The molecule has 0 amide bonds. The Kier molecular flexibility index (Phi) is 8.46. The molecule has 1 fully saturated rings. The standard InChI is InChI=1S/C23H33N5O/c1-3-25-23(26-11-9-20-8-10-24-16-19(20)2)27-17-21-6-4-5-7-22(21)18-28-12-14-29-15-13-28/h4-8,10,16H,3,9,11-15,17-18H2,1-2H3,(H2,25,26,27). The van der Waals surface area contributed by atoms with Gasteiger partial charge in [0.25, 0.3) is 0 Å². The predicted molar refractivity (Wildman–Crippen MR) is 118 cm³/mol. The highest BCUT2D eigenvalue weighted by Crippen LogP contribution is 2.14. The molecule has 2 heterocycles. The zero-order chi connectivity index (χ0) is 20.3. The van der Waals surface area contributed by atoms with Crippen LogP contribution in [0.15, 0.2) is 47.7 Å². The van der Waals surface area contributed by atoms with Gasteiger partial charge in [-0.05, 0) is 48.6 Å². The van der Waals surface area contributed by atoms with Crippen molar-refractivity contribution < 1.29 is 4.74 Å². The molecule has 0 atom stereocenters. The first-order valence-corrected chi connectivity index (χ1v) is 10.5. The summed E-state index contributed by atoms with van der Waals surface area (Å²) in [5.41, 5.74) is 5.18. The molecule has 1 aromatic heterocycles. The summed E-state index contributed by atoms with van der Waals surface area (Å²) in [6.45, 7) is 11.2. The lowest BCUT2D eigenvalue weighted by Gasteiger charge is -2.27. The number of morpholine rings is 1. The van der Waals surface area contributed by atoms with Crippen molar-refractivity contribution in [1.29, 1.82) is 0 Å². The summed E-state index contributed by atoms with van der Waals surface area (Å²) in [6, 6.07) is 10.7. The molecule has 156 valence electrons. The fourth-order valence-corrected chi connectivity index (χ4v) is 3.47. The number of guanidine groups is 1. The van der Waals surface area contributed by atoms with E-state index >= 15 is 0 Å². The summed E-state index contributed by atoms with van der Waals surface area (Å²) in [4.78, 5) is 11.4. The molecular weight excluding hydrogens is 362 g/mol. The van der Waals surface area contributed by atoms with Gasteiger partial charge in [-0.1, -0.05) is 24.3 Å². The van der Waals surface area contributed by atoms with Crippen LogP contribution < -0.4 is 10.6 Å². The maximum Gasteiger partial charge on any atom is 0.191 e. The second-order valence-corrected chi connectivity index (χ2v) is 7.33. The van der Waals surface area contributed by atoms with Crippen LogP contribution in [0, 0.1) is 6.92 Å². The Labute approximate surface area is 174 Å². The zero-order valence-electron chi connectivity index (χ0n) is 17.7. The largest absolute Gasteiger partial charge is 0.379 e. The van der Waals surface area contributed by atoms with Crippen LogP contribution in [0.1, 0.15) is 29.2 Å². The SMILES string of the molecule is CCNC(=NCc1ccccc1CN1CCOCC1)NCCc1ccncc1C. The van der Waals surface area contributed by atoms with Gasteiger partial charge < -0.3 is 15.4 Å². The van der Waals surface area contributed by atoms with Crippen molar-refractivity contribution in [1.82, 2.24) is 20.5 Å². The molecule has 1 saturated heterocycles. The van der Waals surface area contributed by atoms with E-state index in [1.807, 2.05) is 12.4 Å². The average Bonchev–Trinajstić information content (AvgIpc) is 2.75. The lowest BCUT2D eigenvalue weighted by Crippen LogP contribution is -2.38. The number of nitrogens with one attached hydrogen (secondary N) is 2. The molecule has 0 spiro atoms. The van der Waals surface area contributed by atoms with Crippen molar-refractivity contribution in [3.63, 3.8) is 0 Å². The average molecular weight is 396 g/mol. The summed E-state index contributed by atoms with van der Waals surface area (Å²) in [5.74, 6) is 0.861. The van der Waals surface area contributed by atoms with E-state index in [1.165, 1.54) is 22.3 Å². The minimum atomic E-state index is 0.671. The van der Waals surface area contributed by atoms with E-state index in [9.17, 15) is 0 Å². The van der Waals surface area contributed by atoms with Crippen molar-refractivity contribution in [2.45, 2.75) is 33.4 Å². The number of hydrogen-bond donors (Lipinski definition) is 2. The fourth-order valence-electron chi connectivity index (χ4n) is 3.47. The first-order chi connectivity index (χ1) is 14.3. The van der Waals surface area contributed by atoms with E-state index in [0.29, 0.717) is 6.54 Å². The Morgan fingerprint density at radius 1 is 1.10 bits per heavy atom. The lowest BCUT2D eigenvalue weighted by molar-refractivity contribution is 0.0341. The molecule has 0 unspecified atom stereocenters. The highest BCUT2D eigenvalue weighted by Gasteiger charge is 2.12. The highest BCUT2D eigenvalue weighted by atomic mass is 16.5. The Morgan fingerprint density at radius 2 is 1.90 bits per heavy atom. The summed E-state index contributed by atoms with van der Waals surface area (Å²) in [7, 11) is 0. The molecule has 2 aromatic rings. The maximum absolute atomic E-state index is 5.47. The Morgan fingerprint density at radius 3 is 2.66 bits per heavy atom. The molecule has 0 bridgehead atoms. The van der Waals surface area contributed by atoms with Gasteiger partial charge in [0, 0.05) is 45.1 Å². The normalized spacial score (nSPS) is 15.3. The van der Waals surface area contributed by atoms with Gasteiger partial charge >= 0.3 is 0 Å². The van der Waals surface area contributed by atoms with E-state index in [0.717, 1.165) is 58.3 Å². The van der Waals surface area contributed by atoms with Crippen LogP contribution in [0.4, 0.5) is 0 Å². The topological polar surface area (TPSA) is 61.8 Å². The maximum atomic E-state index is 5.47. The zero-order valence-corrected chi connectivity index (χ0v) is 17.7. The summed E-state index contributed by atoms with van der Waals surface area (Å²) >= 11 is 0. The van der Waals surface area contributed by atoms with E-state index in [4.69, 9.17) is 9.73 Å². The first-order valence-electron chi connectivity index (χ1n) is 10.5. The van der Waals surface area contributed by atoms with Gasteiger partial charge in [0.1, 0.15) is 0 Å². The molecule has 29 heavy (non-hydrogen) atoms. The number of rotatable bonds is 8. The number of benzene rings is 1. The van der Waals surface area contributed by atoms with Crippen molar-refractivity contribution in [2.24, 2.45) is 4.99 Å². The monoisotopic (exact) mass is 395 g/mol. The van der Waals surface area contributed by atoms with E-state index < -0.39 is 0 Å². The minimum Gasteiger partial charge on any atom is -0.379 e. The predicted octanol–water partition coefficient (Wildman–Crippen LogP) is 2.52. The van der Waals surface area contributed by atoms with Gasteiger partial charge in [-0.2, -0.15) is 0 Å². The van der Waals surface area contributed by atoms with E-state index in [1.54, 1.807) is 0 Å². The molecule has 3 rings (SSSR count). The first kappa shape index (κ1) is 21.3. The van der Waals surface area contributed by atoms with Gasteiger partial charge in [0.2, 0.25) is 0 Å². The van der Waals surface area contributed by atoms with Gasteiger partial charge in [-0.15, -0.1) is 0 Å². The van der Waals surface area contributed by atoms with Crippen LogP contribution in [0.3, 0.4) is 0 Å². The molecule has 0 saturated carbocycles. The van der Waals surface area contributed by atoms with Gasteiger partial charge in [-0.3, -0.25) is 9.88 Å². The molecule has 6 heteroatoms. The van der Waals surface area contributed by atoms with Gasteiger partial charge in [0.15, 0.2) is 5.96 Å². The number of aryl methyl sites for hydroxylation is 1. The number of ether oxygens (including phenoxy) is 1. The molecule has 1 aromatic carbocycles. The van der Waals surface area contributed by atoms with Gasteiger partial charge in [-0.25, -0.2) is 4.99 Å². The molecule has 6 nitrogen and oxygen atoms in total. The lowest BCUT2D eigenvalue weighted by atomic mass is 10.1. The molecule has 0 radical (unpaired) electrons. The number of aliphatic imine (C=N–C) groups is 1. The van der Waals surface area contributed by atoms with E-state index in [2.05, 4.69) is 64.7 Å². The fraction of sp³-hybridized carbons (Fsp3) is 0.478. The third-order valence-electron chi connectivity index (χ3n) is 5.19. The third kappa shape index (κ3) is 6.84. The van der Waals surface area contributed by atoms with Crippen molar-refractivity contribution in [3.8, 4) is 0 Å². The van der Waals surface area contributed by atoms with Crippen molar-refractivity contribution in [3.05, 3.63) is 65.0 Å². The summed E-state index contributed by atoms with van der Waals surface area (Å²) in [5, 5.41) is 6.81. The third-order valence-corrected chi connectivity index (χ3v) is 5.19. The number of pyridine rings is 1. The Hall–Kier alpha value is -2.44. The minimum absolute atomic E-state index is 0.671. The van der Waals surface area contributed by atoms with Crippen LogP contribution in [-0.2, 0) is 24.2 Å². The number of aromatic nitrogens is 1. The van der Waals surface area contributed by atoms with Crippen LogP contribution in [0.5, 0.6) is 0 Å². The van der Waals surface area contributed by atoms with Crippen LogP contribution in [0.2, 0.25) is 0 Å². The van der Waals surface area contributed by atoms with Crippen LogP contribution >= 0.6 is 0 Å². The van der Waals surface area contributed by atoms with E-state index in [-0.39, 0.29) is 0 Å². The van der Waals surface area contributed by atoms with Crippen LogP contribution in [-0.4, -0.2) is 55.2 Å². The summed E-state index contributed by atoms with van der Waals surface area (Å²) < 4.78 is 5.47. The second-order valence-electron chi connectivity index (χ2n) is 7.33. The van der Waals surface area contributed by atoms with Crippen molar-refractivity contribution in [2.75, 3.05) is 39.4 Å². The highest BCUT2D eigenvalue weighted by molar-refractivity contribution is 5.79. The second kappa shape index (κ2) is 11.5. The molecule has 1 aliphatic rings. The molecular formula is C23H33N5O. The molecule has 0 aliphatic carbocycles. The smallest absolute Gasteiger partial charge is 0.191 e.